The van der Waals surface area contributed by atoms with Crippen LogP contribution in [0, 0.1) is 6.92 Å². The number of hydrogen-bond donors (Lipinski definition) is 2. The first-order valence-electron chi connectivity index (χ1n) is 8.74. The van der Waals surface area contributed by atoms with Crippen molar-refractivity contribution >= 4 is 16.9 Å². The lowest BCUT2D eigenvalue weighted by molar-refractivity contribution is 0.592. The molecule has 25 heavy (non-hydrogen) atoms. The van der Waals surface area contributed by atoms with Gasteiger partial charge in [0.1, 0.15) is 0 Å². The van der Waals surface area contributed by atoms with Crippen LogP contribution >= 0.6 is 0 Å². The second kappa shape index (κ2) is 8.37. The van der Waals surface area contributed by atoms with Crippen molar-refractivity contribution in [2.24, 2.45) is 4.99 Å². The number of nitrogens with one attached hydrogen (secondary N) is 2. The van der Waals surface area contributed by atoms with Crippen LogP contribution in [0.15, 0.2) is 53.9 Å². The van der Waals surface area contributed by atoms with E-state index in [1.165, 1.54) is 16.5 Å². The van der Waals surface area contributed by atoms with E-state index in [0.717, 1.165) is 38.6 Å². The van der Waals surface area contributed by atoms with Gasteiger partial charge in [-0.25, -0.2) is 0 Å². The Hall–Kier alpha value is -2.76. The highest BCUT2D eigenvalue weighted by molar-refractivity contribution is 5.80. The second-order valence-electron chi connectivity index (χ2n) is 6.13. The molecule has 3 rings (SSSR count). The number of fused-ring (bicyclic) bond motifs is 1. The first-order chi connectivity index (χ1) is 12.3. The number of rotatable bonds is 7. The van der Waals surface area contributed by atoms with Gasteiger partial charge in [-0.1, -0.05) is 18.2 Å². The van der Waals surface area contributed by atoms with Crippen molar-refractivity contribution in [1.82, 2.24) is 25.0 Å². The van der Waals surface area contributed by atoms with E-state index in [1.807, 2.05) is 24.0 Å². The zero-order valence-electron chi connectivity index (χ0n) is 14.9. The number of para-hydroxylation sites is 1. The number of guanidine groups is 1. The monoisotopic (exact) mass is 338 g/mol. The molecule has 6 heteroatoms. The smallest absolute Gasteiger partial charge is 0.191 e. The molecule has 0 aliphatic heterocycles. The maximum atomic E-state index is 4.28. The lowest BCUT2D eigenvalue weighted by atomic mass is 10.2. The van der Waals surface area contributed by atoms with Crippen LogP contribution in [0.3, 0.4) is 0 Å². The van der Waals surface area contributed by atoms with Gasteiger partial charge in [-0.15, -0.1) is 0 Å². The van der Waals surface area contributed by atoms with Gasteiger partial charge in [0.2, 0.25) is 0 Å². The van der Waals surface area contributed by atoms with Crippen LogP contribution in [0.25, 0.3) is 10.9 Å². The fraction of sp³-hybridized carbons (Fsp3) is 0.368. The summed E-state index contributed by atoms with van der Waals surface area (Å²) in [6.45, 7) is 5.54. The summed E-state index contributed by atoms with van der Waals surface area (Å²) in [5, 5.41) is 12.3. The van der Waals surface area contributed by atoms with Gasteiger partial charge in [-0.3, -0.25) is 9.67 Å². The van der Waals surface area contributed by atoms with E-state index in [9.17, 15) is 0 Å². The van der Waals surface area contributed by atoms with Gasteiger partial charge in [0.15, 0.2) is 5.96 Å². The summed E-state index contributed by atoms with van der Waals surface area (Å²) in [4.78, 5) is 4.27. The fourth-order valence-electron chi connectivity index (χ4n) is 2.89. The van der Waals surface area contributed by atoms with E-state index in [2.05, 4.69) is 61.8 Å². The highest BCUT2D eigenvalue weighted by Gasteiger charge is 2.01. The predicted octanol–water partition coefficient (Wildman–Crippen LogP) is 2.40. The average molecular weight is 338 g/mol. The summed E-state index contributed by atoms with van der Waals surface area (Å²) in [7, 11) is 1.80. The third-order valence-corrected chi connectivity index (χ3v) is 4.17. The van der Waals surface area contributed by atoms with Gasteiger partial charge < -0.3 is 15.2 Å². The highest BCUT2D eigenvalue weighted by Crippen LogP contribution is 2.15. The summed E-state index contributed by atoms with van der Waals surface area (Å²) >= 11 is 0. The lowest BCUT2D eigenvalue weighted by Gasteiger charge is -2.12. The Balaban J connectivity index is 1.38. The number of nitrogens with zero attached hydrogens (tertiary/aromatic N) is 4. The topological polar surface area (TPSA) is 59.2 Å². The van der Waals surface area contributed by atoms with Crippen molar-refractivity contribution in [3.63, 3.8) is 0 Å². The normalized spacial score (nSPS) is 11.8. The Bertz CT molecular complexity index is 829. The number of aryl methyl sites for hydroxylation is 2. The molecule has 0 spiro atoms. The van der Waals surface area contributed by atoms with Crippen LogP contribution in [0.4, 0.5) is 0 Å². The van der Waals surface area contributed by atoms with Gasteiger partial charge in [0.25, 0.3) is 0 Å². The number of hydrogen-bond acceptors (Lipinski definition) is 2. The van der Waals surface area contributed by atoms with Crippen LogP contribution in [0.1, 0.15) is 12.0 Å². The van der Waals surface area contributed by atoms with Crippen LogP contribution < -0.4 is 10.6 Å². The first-order valence-corrected chi connectivity index (χ1v) is 8.74. The molecule has 2 heterocycles. The molecule has 0 saturated heterocycles. The molecule has 0 saturated carbocycles. The Kier molecular flexibility index (Phi) is 5.72. The van der Waals surface area contributed by atoms with Gasteiger partial charge in [0, 0.05) is 44.6 Å². The third-order valence-electron chi connectivity index (χ3n) is 4.17. The van der Waals surface area contributed by atoms with Crippen LogP contribution in [-0.2, 0) is 13.1 Å². The summed E-state index contributed by atoms with van der Waals surface area (Å²) in [5.74, 6) is 0.834. The summed E-state index contributed by atoms with van der Waals surface area (Å²) in [5.41, 5.74) is 2.47. The lowest BCUT2D eigenvalue weighted by Crippen LogP contribution is -2.39. The van der Waals surface area contributed by atoms with E-state index in [1.54, 1.807) is 7.05 Å². The molecular formula is C19H26N6. The van der Waals surface area contributed by atoms with E-state index in [0.29, 0.717) is 0 Å². The number of benzene rings is 1. The Labute approximate surface area is 148 Å². The molecule has 0 aliphatic rings. The van der Waals surface area contributed by atoms with Crippen molar-refractivity contribution in [2.75, 3.05) is 20.1 Å². The van der Waals surface area contributed by atoms with E-state index in [-0.39, 0.29) is 0 Å². The minimum Gasteiger partial charge on any atom is -0.356 e. The highest BCUT2D eigenvalue weighted by atomic mass is 15.3. The fourth-order valence-corrected chi connectivity index (χ4v) is 2.89. The molecule has 6 nitrogen and oxygen atoms in total. The van der Waals surface area contributed by atoms with E-state index >= 15 is 0 Å². The molecule has 0 unspecified atom stereocenters. The molecule has 0 bridgehead atoms. The molecule has 0 radical (unpaired) electrons. The van der Waals surface area contributed by atoms with Crippen molar-refractivity contribution in [3.05, 3.63) is 54.5 Å². The van der Waals surface area contributed by atoms with Crippen LogP contribution in [-0.4, -0.2) is 40.4 Å². The maximum absolute atomic E-state index is 4.28. The molecule has 0 aliphatic carbocycles. The molecule has 0 amide bonds. The quantitative estimate of drug-likeness (QED) is 0.395. The van der Waals surface area contributed by atoms with Gasteiger partial charge in [-0.2, -0.15) is 5.10 Å². The Morgan fingerprint density at radius 1 is 1.12 bits per heavy atom. The van der Waals surface area contributed by atoms with Gasteiger partial charge in [-0.05, 0) is 36.4 Å². The third kappa shape index (κ3) is 4.62. The van der Waals surface area contributed by atoms with Gasteiger partial charge >= 0.3 is 0 Å². The van der Waals surface area contributed by atoms with Gasteiger partial charge in [0.05, 0.1) is 12.7 Å². The Morgan fingerprint density at radius 2 is 1.96 bits per heavy atom. The van der Waals surface area contributed by atoms with Crippen molar-refractivity contribution in [2.45, 2.75) is 26.4 Å². The average Bonchev–Trinajstić information content (AvgIpc) is 3.23. The van der Waals surface area contributed by atoms with Crippen LogP contribution in [0.5, 0.6) is 0 Å². The second-order valence-corrected chi connectivity index (χ2v) is 6.13. The molecule has 0 atom stereocenters. The molecule has 2 aromatic heterocycles. The zero-order chi connectivity index (χ0) is 17.5. The van der Waals surface area contributed by atoms with Crippen LogP contribution in [0.2, 0.25) is 0 Å². The van der Waals surface area contributed by atoms with Crippen molar-refractivity contribution in [1.29, 1.82) is 0 Å². The molecule has 1 aromatic carbocycles. The standard InChI is InChI=1S/C19H26N6/c1-16-14-23-25(15-16)13-10-22-19(20-2)21-9-5-11-24-12-8-17-6-3-4-7-18(17)24/h3-4,6-8,12,14-15H,5,9-11,13H2,1-2H3,(H2,20,21,22). The minimum absolute atomic E-state index is 0.795. The van der Waals surface area contributed by atoms with Crippen molar-refractivity contribution in [3.8, 4) is 0 Å². The van der Waals surface area contributed by atoms with E-state index in [4.69, 9.17) is 0 Å². The van der Waals surface area contributed by atoms with Crippen molar-refractivity contribution < 1.29 is 0 Å². The zero-order valence-corrected chi connectivity index (χ0v) is 14.9. The summed E-state index contributed by atoms with van der Waals surface area (Å²) in [6.07, 6.45) is 7.11. The largest absolute Gasteiger partial charge is 0.356 e. The molecule has 0 fully saturated rings. The summed E-state index contributed by atoms with van der Waals surface area (Å²) < 4.78 is 4.24. The van der Waals surface area contributed by atoms with E-state index < -0.39 is 0 Å². The predicted molar refractivity (Wildman–Crippen MR) is 103 cm³/mol. The number of aliphatic imine (C=N–C) groups is 1. The molecule has 3 aromatic rings. The SMILES string of the molecule is CN=C(NCCCn1ccc2ccccc21)NCCn1cc(C)cn1. The summed E-state index contributed by atoms with van der Waals surface area (Å²) in [6, 6.07) is 10.6. The molecule has 2 N–H and O–H groups in total. The molecular weight excluding hydrogens is 312 g/mol. The first kappa shape index (κ1) is 17.1. The maximum Gasteiger partial charge on any atom is 0.191 e. The Morgan fingerprint density at radius 3 is 2.76 bits per heavy atom. The minimum atomic E-state index is 0.795. The molecule has 132 valence electrons. The number of aromatic nitrogens is 3.